The van der Waals surface area contributed by atoms with Crippen molar-refractivity contribution in [3.05, 3.63) is 64.1 Å². The molecule has 3 atom stereocenters. The molecule has 4 rings (SSSR count). The number of aromatic nitrogens is 1. The van der Waals surface area contributed by atoms with Gasteiger partial charge >= 0.3 is 0 Å². The summed E-state index contributed by atoms with van der Waals surface area (Å²) >= 11 is 18.8. The predicted octanol–water partition coefficient (Wildman–Crippen LogP) is 3.47. The second-order valence-corrected chi connectivity index (χ2v) is 10.6. The summed E-state index contributed by atoms with van der Waals surface area (Å²) in [6.45, 7) is 3.55. The number of hydrogen-bond donors (Lipinski definition) is 1. The number of ether oxygens (including phenoxy) is 1. The van der Waals surface area contributed by atoms with Gasteiger partial charge in [0.25, 0.3) is 11.5 Å². The Balaban J connectivity index is 1.47. The molecule has 2 bridgehead atoms. The molecule has 1 amide bonds. The molecule has 0 saturated carbocycles. The first kappa shape index (κ1) is 22.5. The quantitative estimate of drug-likeness (QED) is 0.660. The molecule has 9 heteroatoms. The fourth-order valence-electron chi connectivity index (χ4n) is 4.58. The number of para-hydroxylation sites is 1. The van der Waals surface area contributed by atoms with Gasteiger partial charge in [0, 0.05) is 37.3 Å². The Hall–Kier alpha value is -1.73. The Kier molecular flexibility index (Phi) is 6.54. The van der Waals surface area contributed by atoms with Gasteiger partial charge in [-0.1, -0.05) is 59.1 Å². The fourth-order valence-corrected chi connectivity index (χ4v) is 5.16. The molecule has 166 valence electrons. The summed E-state index contributed by atoms with van der Waals surface area (Å²) in [7, 11) is 0. The van der Waals surface area contributed by atoms with Crippen molar-refractivity contribution >= 4 is 40.7 Å². The number of carbonyl (C=O) groups is 1. The van der Waals surface area contributed by atoms with Crippen LogP contribution in [0.4, 0.5) is 0 Å². The van der Waals surface area contributed by atoms with Crippen molar-refractivity contribution in [2.75, 3.05) is 19.7 Å². The molecule has 1 saturated heterocycles. The molecule has 1 fully saturated rings. The minimum absolute atomic E-state index is 0.0141. The second-order valence-electron chi connectivity index (χ2n) is 8.22. The second kappa shape index (κ2) is 9.02. The molecular formula is C22H24Cl3N3O3. The van der Waals surface area contributed by atoms with Crippen LogP contribution < -0.4 is 15.6 Å². The Labute approximate surface area is 196 Å². The molecule has 1 aromatic heterocycles. The summed E-state index contributed by atoms with van der Waals surface area (Å²) in [5.74, 6) is 0.641. The van der Waals surface area contributed by atoms with Crippen molar-refractivity contribution in [3.63, 3.8) is 0 Å². The van der Waals surface area contributed by atoms with E-state index in [2.05, 4.69) is 5.32 Å². The summed E-state index contributed by atoms with van der Waals surface area (Å²) in [6.07, 6.45) is 0.161. The summed E-state index contributed by atoms with van der Waals surface area (Å²) < 4.78 is 5.76. The minimum Gasteiger partial charge on any atom is -0.484 e. The van der Waals surface area contributed by atoms with Crippen LogP contribution in [-0.2, 0) is 11.3 Å². The van der Waals surface area contributed by atoms with Gasteiger partial charge in [-0.15, -0.1) is 0 Å². The number of aryl methyl sites for hydroxylation is 1. The van der Waals surface area contributed by atoms with Crippen molar-refractivity contribution in [2.24, 2.45) is 5.92 Å². The third kappa shape index (κ3) is 5.03. The van der Waals surface area contributed by atoms with E-state index in [1.807, 2.05) is 40.7 Å². The molecule has 0 radical (unpaired) electrons. The Morgan fingerprint density at radius 1 is 1.16 bits per heavy atom. The van der Waals surface area contributed by atoms with E-state index in [0.29, 0.717) is 25.4 Å². The summed E-state index contributed by atoms with van der Waals surface area (Å²) in [5, 5.41) is 2.84. The highest BCUT2D eigenvalue weighted by molar-refractivity contribution is 6.68. The number of piperidine rings is 1. The number of amides is 1. The van der Waals surface area contributed by atoms with Crippen LogP contribution >= 0.6 is 34.8 Å². The number of fused-ring (bicyclic) bond motifs is 4. The zero-order valence-corrected chi connectivity index (χ0v) is 19.3. The molecule has 3 heterocycles. The van der Waals surface area contributed by atoms with Gasteiger partial charge in [-0.05, 0) is 37.0 Å². The van der Waals surface area contributed by atoms with E-state index in [-0.39, 0.29) is 29.9 Å². The van der Waals surface area contributed by atoms with E-state index in [9.17, 15) is 9.59 Å². The molecule has 2 aliphatic rings. The number of carbonyl (C=O) groups excluding carboxylic acids is 1. The molecule has 1 aromatic carbocycles. The first-order valence-corrected chi connectivity index (χ1v) is 11.3. The number of alkyl halides is 3. The number of rotatable bonds is 5. The van der Waals surface area contributed by atoms with E-state index in [1.165, 1.54) is 0 Å². The molecule has 0 unspecified atom stereocenters. The zero-order valence-electron chi connectivity index (χ0n) is 17.1. The number of nitrogens with one attached hydrogen (secondary N) is 1. The largest absolute Gasteiger partial charge is 0.484 e. The topological polar surface area (TPSA) is 63.6 Å². The van der Waals surface area contributed by atoms with Gasteiger partial charge in [0.15, 0.2) is 6.61 Å². The lowest BCUT2D eigenvalue weighted by Gasteiger charge is -2.47. The number of pyridine rings is 1. The number of halogens is 3. The lowest BCUT2D eigenvalue weighted by molar-refractivity contribution is -0.125. The van der Waals surface area contributed by atoms with Gasteiger partial charge in [-0.25, -0.2) is 0 Å². The minimum atomic E-state index is -1.72. The van der Waals surface area contributed by atoms with Crippen LogP contribution in [0.5, 0.6) is 5.75 Å². The fraction of sp³-hybridized carbons (Fsp3) is 0.455. The Bertz CT molecular complexity index is 1020. The molecule has 6 nitrogen and oxygen atoms in total. The molecule has 31 heavy (non-hydrogen) atoms. The maximum Gasteiger partial charge on any atom is 0.259 e. The van der Waals surface area contributed by atoms with Crippen LogP contribution in [0, 0.1) is 12.8 Å². The molecule has 1 N–H and O–H groups in total. The van der Waals surface area contributed by atoms with Crippen LogP contribution in [0.1, 0.15) is 23.6 Å². The van der Waals surface area contributed by atoms with E-state index >= 15 is 0 Å². The summed E-state index contributed by atoms with van der Waals surface area (Å²) in [4.78, 5) is 26.9. The lowest BCUT2D eigenvalue weighted by Crippen LogP contribution is -2.60. The van der Waals surface area contributed by atoms with Gasteiger partial charge in [0.2, 0.25) is 3.79 Å². The Morgan fingerprint density at radius 3 is 2.68 bits per heavy atom. The van der Waals surface area contributed by atoms with Crippen molar-refractivity contribution in [2.45, 2.75) is 35.8 Å². The third-order valence-corrected chi connectivity index (χ3v) is 6.55. The average Bonchev–Trinajstić information content (AvgIpc) is 2.71. The third-order valence-electron chi connectivity index (χ3n) is 5.93. The molecule has 0 aliphatic carbocycles. The number of nitrogens with zero attached hydrogens (tertiary/aromatic N) is 2. The summed E-state index contributed by atoms with van der Waals surface area (Å²) in [6, 6.07) is 12.8. The normalized spacial score (nSPS) is 21.8. The standard InChI is InChI=1S/C22H24Cl3N3O3/c1-14-5-2-3-7-18(14)31-13-19(29)26-21(22(23,24)25)27-10-15-9-16(12-27)17-6-4-8-20(30)28(17)11-15/h2-8,15-16,21H,9-13H2,1H3,(H,26,29)/t15-,16-,21+/m1/s1. The molecule has 2 aromatic rings. The SMILES string of the molecule is Cc1ccccc1OCC(=O)N[C@@H](N1C[C@H]2C[C@H](C1)c1cccc(=O)n1C2)C(Cl)(Cl)Cl. The Morgan fingerprint density at radius 2 is 1.94 bits per heavy atom. The maximum absolute atomic E-state index is 12.6. The van der Waals surface area contributed by atoms with E-state index in [4.69, 9.17) is 39.5 Å². The van der Waals surface area contributed by atoms with E-state index < -0.39 is 9.96 Å². The first-order chi connectivity index (χ1) is 14.7. The van der Waals surface area contributed by atoms with Gasteiger partial charge in [-0.3, -0.25) is 14.5 Å². The van der Waals surface area contributed by atoms with Crippen LogP contribution in [-0.4, -0.2) is 45.0 Å². The van der Waals surface area contributed by atoms with E-state index in [1.54, 1.807) is 18.2 Å². The molecule has 2 aliphatic heterocycles. The van der Waals surface area contributed by atoms with Gasteiger partial charge in [-0.2, -0.15) is 0 Å². The zero-order chi connectivity index (χ0) is 22.2. The smallest absolute Gasteiger partial charge is 0.259 e. The monoisotopic (exact) mass is 483 g/mol. The molecular weight excluding hydrogens is 461 g/mol. The number of likely N-dealkylation sites (tertiary alicyclic amines) is 1. The van der Waals surface area contributed by atoms with E-state index in [0.717, 1.165) is 17.7 Å². The van der Waals surface area contributed by atoms with Crippen LogP contribution in [0.25, 0.3) is 0 Å². The van der Waals surface area contributed by atoms with Crippen molar-refractivity contribution in [3.8, 4) is 5.75 Å². The summed E-state index contributed by atoms with van der Waals surface area (Å²) in [5.41, 5.74) is 1.94. The maximum atomic E-state index is 12.6. The molecule has 0 spiro atoms. The van der Waals surface area contributed by atoms with Crippen molar-refractivity contribution in [1.82, 2.24) is 14.8 Å². The lowest BCUT2D eigenvalue weighted by atomic mass is 9.83. The predicted molar refractivity (Wildman–Crippen MR) is 122 cm³/mol. The highest BCUT2D eigenvalue weighted by atomic mass is 35.6. The number of hydrogen-bond acceptors (Lipinski definition) is 4. The number of benzene rings is 1. The van der Waals surface area contributed by atoms with Crippen molar-refractivity contribution < 1.29 is 9.53 Å². The average molecular weight is 485 g/mol. The van der Waals surface area contributed by atoms with Crippen LogP contribution in [0.3, 0.4) is 0 Å². The van der Waals surface area contributed by atoms with Gasteiger partial charge in [0.1, 0.15) is 11.9 Å². The van der Waals surface area contributed by atoms with Crippen molar-refractivity contribution in [1.29, 1.82) is 0 Å². The van der Waals surface area contributed by atoms with Crippen LogP contribution in [0.2, 0.25) is 0 Å². The highest BCUT2D eigenvalue weighted by Crippen LogP contribution is 2.39. The highest BCUT2D eigenvalue weighted by Gasteiger charge is 2.44. The first-order valence-electron chi connectivity index (χ1n) is 10.2. The van der Waals surface area contributed by atoms with Gasteiger partial charge in [0.05, 0.1) is 0 Å². The van der Waals surface area contributed by atoms with Gasteiger partial charge < -0.3 is 14.6 Å². The van der Waals surface area contributed by atoms with Crippen LogP contribution in [0.15, 0.2) is 47.3 Å².